The summed E-state index contributed by atoms with van der Waals surface area (Å²) in [5.74, 6) is 0.536. The van der Waals surface area contributed by atoms with Crippen molar-refractivity contribution < 1.29 is 4.84 Å². The van der Waals surface area contributed by atoms with E-state index in [1.807, 2.05) is 10.8 Å². The van der Waals surface area contributed by atoms with E-state index in [9.17, 15) is 0 Å². The Kier molecular flexibility index (Phi) is 5.71. The van der Waals surface area contributed by atoms with Crippen molar-refractivity contribution in [2.45, 2.75) is 38.8 Å². The van der Waals surface area contributed by atoms with Gasteiger partial charge in [-0.3, -0.25) is 0 Å². The maximum absolute atomic E-state index is 6.30. The van der Waals surface area contributed by atoms with E-state index in [1.165, 1.54) is 28.6 Å². The quantitative estimate of drug-likeness (QED) is 0.436. The highest BCUT2D eigenvalue weighted by atomic mass is 16.7. The van der Waals surface area contributed by atoms with Gasteiger partial charge in [0, 0.05) is 17.8 Å². The Morgan fingerprint density at radius 1 is 0.968 bits per heavy atom. The molecule has 31 heavy (non-hydrogen) atoms. The molecule has 0 saturated carbocycles. The minimum absolute atomic E-state index is 0.536. The van der Waals surface area contributed by atoms with Crippen LogP contribution in [0.25, 0.3) is 10.9 Å². The van der Waals surface area contributed by atoms with Crippen molar-refractivity contribution in [2.24, 2.45) is 0 Å². The number of hydrogen-bond acceptors (Lipinski definition) is 4. The van der Waals surface area contributed by atoms with Crippen molar-refractivity contribution >= 4 is 10.9 Å². The maximum Gasteiger partial charge on any atom is 0.140 e. The normalized spacial score (nSPS) is 16.9. The van der Waals surface area contributed by atoms with Gasteiger partial charge in [0.25, 0.3) is 0 Å². The van der Waals surface area contributed by atoms with Gasteiger partial charge in [0.05, 0.1) is 30.1 Å². The van der Waals surface area contributed by atoms with Crippen molar-refractivity contribution in [2.75, 3.05) is 19.6 Å². The second kappa shape index (κ2) is 8.94. The highest BCUT2D eigenvalue weighted by Gasteiger charge is 2.29. The lowest BCUT2D eigenvalue weighted by Gasteiger charge is -2.16. The lowest BCUT2D eigenvalue weighted by Crippen LogP contribution is -2.23. The Labute approximate surface area is 183 Å². The molecule has 2 aromatic carbocycles. The molecule has 4 aromatic rings. The van der Waals surface area contributed by atoms with Gasteiger partial charge in [0.2, 0.25) is 0 Å². The van der Waals surface area contributed by atoms with E-state index in [0.29, 0.717) is 12.5 Å². The van der Waals surface area contributed by atoms with Crippen LogP contribution in [-0.4, -0.2) is 44.3 Å². The molecular formula is C25H29N5O. The van der Waals surface area contributed by atoms with E-state index in [1.54, 1.807) is 17.2 Å². The zero-order valence-corrected chi connectivity index (χ0v) is 18.0. The summed E-state index contributed by atoms with van der Waals surface area (Å²) in [7, 11) is 0. The number of benzene rings is 2. The molecule has 0 spiro atoms. The van der Waals surface area contributed by atoms with Gasteiger partial charge in [-0.15, -0.1) is 0 Å². The molecule has 1 aliphatic heterocycles. The summed E-state index contributed by atoms with van der Waals surface area (Å²) in [5.41, 5.74) is 5.01. The smallest absolute Gasteiger partial charge is 0.140 e. The summed E-state index contributed by atoms with van der Waals surface area (Å²) in [4.78, 5) is 10.6. The van der Waals surface area contributed by atoms with E-state index in [2.05, 4.69) is 70.6 Å². The Morgan fingerprint density at radius 3 is 2.58 bits per heavy atom. The van der Waals surface area contributed by atoms with E-state index in [-0.39, 0.29) is 0 Å². The standard InChI is InChI=1S/C25H29N5O/c1-20-25(22-12-17-28(18-22)15-7-16-29-26-13-14-27-29)23-10-5-6-11-24(23)30(20)31-19-21-8-3-2-4-9-21/h2-6,8-11,13-14,22H,7,12,15-19H2,1H3. The van der Waals surface area contributed by atoms with E-state index >= 15 is 0 Å². The van der Waals surface area contributed by atoms with Crippen LogP contribution in [0.2, 0.25) is 0 Å². The molecule has 0 amide bonds. The Morgan fingerprint density at radius 2 is 1.74 bits per heavy atom. The Bertz CT molecular complexity index is 1120. The summed E-state index contributed by atoms with van der Waals surface area (Å²) in [6.07, 6.45) is 5.74. The number of rotatable bonds is 8. The Balaban J connectivity index is 1.31. The summed E-state index contributed by atoms with van der Waals surface area (Å²) >= 11 is 0. The van der Waals surface area contributed by atoms with E-state index in [4.69, 9.17) is 4.84 Å². The summed E-state index contributed by atoms with van der Waals surface area (Å²) in [6, 6.07) is 19.0. The van der Waals surface area contributed by atoms with Crippen LogP contribution in [-0.2, 0) is 13.2 Å². The van der Waals surface area contributed by atoms with Crippen LogP contribution < -0.4 is 4.84 Å². The van der Waals surface area contributed by atoms with Crippen molar-refractivity contribution in [3.05, 3.63) is 83.8 Å². The summed E-state index contributed by atoms with van der Waals surface area (Å²) < 4.78 is 2.05. The molecule has 1 fully saturated rings. The van der Waals surface area contributed by atoms with Crippen LogP contribution in [0.15, 0.2) is 67.0 Å². The highest BCUT2D eigenvalue weighted by Crippen LogP contribution is 2.36. The number of nitrogens with zero attached hydrogens (tertiary/aromatic N) is 5. The van der Waals surface area contributed by atoms with Crippen LogP contribution in [0.4, 0.5) is 0 Å². The average molecular weight is 416 g/mol. The third-order valence-electron chi connectivity index (χ3n) is 6.29. The first-order chi connectivity index (χ1) is 15.3. The highest BCUT2D eigenvalue weighted by molar-refractivity contribution is 5.86. The molecule has 3 heterocycles. The molecule has 1 atom stereocenters. The molecule has 1 aliphatic rings. The third-order valence-corrected chi connectivity index (χ3v) is 6.29. The molecule has 0 bridgehead atoms. The summed E-state index contributed by atoms with van der Waals surface area (Å²) in [5, 5.41) is 9.72. The fourth-order valence-corrected chi connectivity index (χ4v) is 4.82. The van der Waals surface area contributed by atoms with Crippen molar-refractivity contribution in [3.8, 4) is 0 Å². The molecule has 0 radical (unpaired) electrons. The van der Waals surface area contributed by atoms with Crippen LogP contribution >= 0.6 is 0 Å². The van der Waals surface area contributed by atoms with Gasteiger partial charge in [0.1, 0.15) is 6.61 Å². The van der Waals surface area contributed by atoms with Gasteiger partial charge in [-0.05, 0) is 50.0 Å². The van der Waals surface area contributed by atoms with E-state index < -0.39 is 0 Å². The van der Waals surface area contributed by atoms with Crippen molar-refractivity contribution in [1.82, 2.24) is 24.6 Å². The minimum Gasteiger partial charge on any atom is -0.409 e. The van der Waals surface area contributed by atoms with Gasteiger partial charge in [0.15, 0.2) is 0 Å². The van der Waals surface area contributed by atoms with E-state index in [0.717, 1.165) is 38.1 Å². The van der Waals surface area contributed by atoms with Crippen molar-refractivity contribution in [3.63, 3.8) is 0 Å². The molecule has 1 unspecified atom stereocenters. The second-order valence-electron chi connectivity index (χ2n) is 8.33. The first-order valence-corrected chi connectivity index (χ1v) is 11.1. The van der Waals surface area contributed by atoms with Gasteiger partial charge < -0.3 is 9.74 Å². The van der Waals surface area contributed by atoms with Gasteiger partial charge in [-0.2, -0.15) is 19.7 Å². The topological polar surface area (TPSA) is 48.1 Å². The van der Waals surface area contributed by atoms with Crippen LogP contribution in [0.1, 0.15) is 35.6 Å². The number of likely N-dealkylation sites (tertiary alicyclic amines) is 1. The minimum atomic E-state index is 0.536. The molecule has 0 aliphatic carbocycles. The second-order valence-corrected chi connectivity index (χ2v) is 8.33. The third kappa shape index (κ3) is 4.21. The van der Waals surface area contributed by atoms with Gasteiger partial charge >= 0.3 is 0 Å². The number of aromatic nitrogens is 4. The largest absolute Gasteiger partial charge is 0.409 e. The van der Waals surface area contributed by atoms with Crippen LogP contribution in [0.3, 0.4) is 0 Å². The Hall–Kier alpha value is -3.12. The first-order valence-electron chi connectivity index (χ1n) is 11.1. The van der Waals surface area contributed by atoms with Gasteiger partial charge in [-0.25, -0.2) is 0 Å². The van der Waals surface area contributed by atoms with Gasteiger partial charge in [-0.1, -0.05) is 48.5 Å². The molecule has 6 heteroatoms. The zero-order chi connectivity index (χ0) is 21.0. The fraction of sp³-hybridized carbons (Fsp3) is 0.360. The molecule has 6 nitrogen and oxygen atoms in total. The molecule has 1 saturated heterocycles. The molecule has 160 valence electrons. The molecule has 2 aromatic heterocycles. The SMILES string of the molecule is Cc1c(C2CCN(CCCn3nccn3)C2)c2ccccc2n1OCc1ccccc1. The lowest BCUT2D eigenvalue weighted by molar-refractivity contribution is 0.102. The zero-order valence-electron chi connectivity index (χ0n) is 18.0. The predicted molar refractivity (Wildman–Crippen MR) is 122 cm³/mol. The predicted octanol–water partition coefficient (Wildman–Crippen LogP) is 4.05. The molecular weight excluding hydrogens is 386 g/mol. The maximum atomic E-state index is 6.30. The van der Waals surface area contributed by atoms with Crippen LogP contribution in [0, 0.1) is 6.92 Å². The first kappa shape index (κ1) is 19.8. The van der Waals surface area contributed by atoms with Crippen molar-refractivity contribution in [1.29, 1.82) is 0 Å². The summed E-state index contributed by atoms with van der Waals surface area (Å²) in [6.45, 7) is 6.96. The number of para-hydroxylation sites is 1. The fourth-order valence-electron chi connectivity index (χ4n) is 4.82. The molecule has 5 rings (SSSR count). The average Bonchev–Trinajstić information content (AvgIpc) is 3.53. The number of aryl methyl sites for hydroxylation is 1. The molecule has 0 N–H and O–H groups in total. The number of fused-ring (bicyclic) bond motifs is 1. The van der Waals surface area contributed by atoms with Crippen LogP contribution in [0.5, 0.6) is 0 Å². The monoisotopic (exact) mass is 415 g/mol. The number of hydrogen-bond donors (Lipinski definition) is 0. The lowest BCUT2D eigenvalue weighted by atomic mass is 9.95.